The molecule has 0 heterocycles. The molecule has 0 radical (unpaired) electrons. The highest BCUT2D eigenvalue weighted by molar-refractivity contribution is 6.30. The largest absolute Gasteiger partial charge is 0.487 e. The number of ether oxygens (including phenoxy) is 2. The van der Waals surface area contributed by atoms with Crippen LogP contribution in [0.25, 0.3) is 0 Å². The van der Waals surface area contributed by atoms with Crippen LogP contribution in [0.1, 0.15) is 13.3 Å². The Balaban J connectivity index is 2.01. The second kappa shape index (κ2) is 5.02. The summed E-state index contributed by atoms with van der Waals surface area (Å²) in [4.78, 5) is 11.3. The molecule has 0 aromatic heterocycles. The van der Waals surface area contributed by atoms with E-state index in [1.165, 1.54) is 18.2 Å². The minimum Gasteiger partial charge on any atom is -0.487 e. The monoisotopic (exact) mass is 258 g/mol. The minimum absolute atomic E-state index is 0.00103. The first-order valence-corrected chi connectivity index (χ1v) is 5.75. The molecule has 5 heteroatoms. The van der Waals surface area contributed by atoms with Crippen LogP contribution in [0.15, 0.2) is 18.2 Å². The molecule has 2 unspecified atom stereocenters. The number of carbonyl (C=O) groups excluding carboxylic acids is 1. The van der Waals surface area contributed by atoms with Crippen molar-refractivity contribution in [2.45, 2.75) is 25.6 Å². The average Bonchev–Trinajstić information content (AvgIpc) is 2.30. The zero-order chi connectivity index (χ0) is 12.4. The Morgan fingerprint density at radius 3 is 2.88 bits per heavy atom. The van der Waals surface area contributed by atoms with Gasteiger partial charge < -0.3 is 9.47 Å². The van der Waals surface area contributed by atoms with E-state index in [0.717, 1.165) is 0 Å². The number of Topliss-reactive ketones (excluding diaryl/α,β-unsaturated/α-hetero) is 1. The highest BCUT2D eigenvalue weighted by Gasteiger charge is 2.42. The summed E-state index contributed by atoms with van der Waals surface area (Å²) in [6.07, 6.45) is -0.493. The predicted molar refractivity (Wildman–Crippen MR) is 60.9 cm³/mol. The van der Waals surface area contributed by atoms with E-state index in [-0.39, 0.29) is 16.9 Å². The highest BCUT2D eigenvalue weighted by Crippen LogP contribution is 2.28. The Morgan fingerprint density at radius 2 is 2.29 bits per heavy atom. The van der Waals surface area contributed by atoms with Crippen LogP contribution in [0.3, 0.4) is 0 Å². The number of benzene rings is 1. The minimum atomic E-state index is -0.510. The smallest absolute Gasteiger partial charge is 0.169 e. The molecule has 0 bridgehead atoms. The number of halogens is 2. The molecule has 0 saturated heterocycles. The van der Waals surface area contributed by atoms with Crippen LogP contribution >= 0.6 is 11.6 Å². The van der Waals surface area contributed by atoms with Gasteiger partial charge in [-0.2, -0.15) is 0 Å². The first kappa shape index (κ1) is 12.3. The molecule has 1 fully saturated rings. The van der Waals surface area contributed by atoms with Crippen molar-refractivity contribution in [3.8, 4) is 5.75 Å². The molecule has 3 nitrogen and oxygen atoms in total. The molecule has 1 aromatic carbocycles. The maximum absolute atomic E-state index is 12.9. The third-order valence-corrected chi connectivity index (χ3v) is 2.87. The quantitative estimate of drug-likeness (QED) is 0.833. The molecule has 1 aliphatic carbocycles. The third kappa shape index (κ3) is 2.58. The Kier molecular flexibility index (Phi) is 3.64. The molecule has 17 heavy (non-hydrogen) atoms. The van der Waals surface area contributed by atoms with Crippen LogP contribution in [-0.2, 0) is 9.53 Å². The molecule has 2 rings (SSSR count). The van der Waals surface area contributed by atoms with Gasteiger partial charge in [0, 0.05) is 19.1 Å². The Hall–Kier alpha value is -1.13. The number of ketones is 1. The molecular formula is C12H12ClFO3. The van der Waals surface area contributed by atoms with Gasteiger partial charge in [-0.3, -0.25) is 4.79 Å². The van der Waals surface area contributed by atoms with E-state index in [1.54, 1.807) is 0 Å². The molecule has 0 spiro atoms. The molecular weight excluding hydrogens is 247 g/mol. The lowest BCUT2D eigenvalue weighted by Gasteiger charge is -2.34. The second-order valence-electron chi connectivity index (χ2n) is 3.78. The van der Waals surface area contributed by atoms with Crippen LogP contribution in [-0.4, -0.2) is 24.6 Å². The molecule has 1 saturated carbocycles. The number of rotatable bonds is 4. The lowest BCUT2D eigenvalue weighted by atomic mass is 9.90. The molecule has 2 atom stereocenters. The molecule has 0 amide bonds. The van der Waals surface area contributed by atoms with E-state index in [4.69, 9.17) is 21.1 Å². The first-order valence-electron chi connectivity index (χ1n) is 5.38. The summed E-state index contributed by atoms with van der Waals surface area (Å²) >= 11 is 5.63. The van der Waals surface area contributed by atoms with Crippen LogP contribution in [0.4, 0.5) is 4.39 Å². The Labute approximate surface area is 103 Å². The van der Waals surface area contributed by atoms with Gasteiger partial charge in [-0.05, 0) is 19.1 Å². The summed E-state index contributed by atoms with van der Waals surface area (Å²) < 4.78 is 23.7. The van der Waals surface area contributed by atoms with Gasteiger partial charge >= 0.3 is 0 Å². The summed E-state index contributed by atoms with van der Waals surface area (Å²) in [6.45, 7) is 2.28. The maximum atomic E-state index is 12.9. The van der Waals surface area contributed by atoms with Gasteiger partial charge in [-0.25, -0.2) is 4.39 Å². The third-order valence-electron chi connectivity index (χ3n) is 2.58. The van der Waals surface area contributed by atoms with Gasteiger partial charge in [0.2, 0.25) is 0 Å². The molecule has 1 aliphatic rings. The van der Waals surface area contributed by atoms with Crippen LogP contribution in [0, 0.1) is 5.82 Å². The Bertz CT molecular complexity index is 436. The van der Waals surface area contributed by atoms with E-state index in [2.05, 4.69) is 0 Å². The molecule has 0 N–H and O–H groups in total. The standard InChI is InChI=1S/C12H12ClFO3/c1-2-16-12-10(15)6-11(12)17-7-3-4-9(14)8(13)5-7/h3-5,11-12H,2,6H2,1H3. The summed E-state index contributed by atoms with van der Waals surface area (Å²) in [5, 5.41) is 0.00103. The topological polar surface area (TPSA) is 35.5 Å². The lowest BCUT2D eigenvalue weighted by Crippen LogP contribution is -2.52. The molecule has 92 valence electrons. The fraction of sp³-hybridized carbons (Fsp3) is 0.417. The average molecular weight is 259 g/mol. The SMILES string of the molecule is CCOC1C(=O)CC1Oc1ccc(F)c(Cl)c1. The molecule has 1 aromatic rings. The van der Waals surface area contributed by atoms with Gasteiger partial charge in [0.1, 0.15) is 17.7 Å². The summed E-state index contributed by atoms with van der Waals surface area (Å²) in [5.74, 6) is -0.0197. The van der Waals surface area contributed by atoms with Crippen molar-refractivity contribution in [1.29, 1.82) is 0 Å². The van der Waals surface area contributed by atoms with Crippen LogP contribution < -0.4 is 4.74 Å². The summed E-state index contributed by atoms with van der Waals surface area (Å²) in [5.41, 5.74) is 0. The summed E-state index contributed by atoms with van der Waals surface area (Å²) in [6, 6.07) is 4.10. The van der Waals surface area contributed by atoms with Gasteiger partial charge in [0.25, 0.3) is 0 Å². The van der Waals surface area contributed by atoms with Crippen molar-refractivity contribution >= 4 is 17.4 Å². The van der Waals surface area contributed by atoms with E-state index < -0.39 is 11.9 Å². The van der Waals surface area contributed by atoms with Gasteiger partial charge in [-0.1, -0.05) is 11.6 Å². The van der Waals surface area contributed by atoms with Crippen LogP contribution in [0.5, 0.6) is 5.75 Å². The van der Waals surface area contributed by atoms with E-state index in [1.807, 2.05) is 6.92 Å². The summed E-state index contributed by atoms with van der Waals surface area (Å²) in [7, 11) is 0. The van der Waals surface area contributed by atoms with Crippen molar-refractivity contribution in [2.75, 3.05) is 6.61 Å². The predicted octanol–water partition coefficient (Wildman–Crippen LogP) is 2.60. The van der Waals surface area contributed by atoms with E-state index >= 15 is 0 Å². The number of hydrogen-bond donors (Lipinski definition) is 0. The second-order valence-corrected chi connectivity index (χ2v) is 4.19. The first-order chi connectivity index (χ1) is 8.11. The van der Waals surface area contributed by atoms with Crippen molar-refractivity contribution in [1.82, 2.24) is 0 Å². The van der Waals surface area contributed by atoms with Gasteiger partial charge in [0.15, 0.2) is 11.9 Å². The van der Waals surface area contributed by atoms with Crippen molar-refractivity contribution in [3.63, 3.8) is 0 Å². The van der Waals surface area contributed by atoms with E-state index in [9.17, 15) is 9.18 Å². The van der Waals surface area contributed by atoms with Crippen molar-refractivity contribution in [2.24, 2.45) is 0 Å². The van der Waals surface area contributed by atoms with Crippen LogP contribution in [0.2, 0.25) is 5.02 Å². The van der Waals surface area contributed by atoms with Crippen molar-refractivity contribution < 1.29 is 18.7 Å². The highest BCUT2D eigenvalue weighted by atomic mass is 35.5. The zero-order valence-corrected chi connectivity index (χ0v) is 10.0. The number of carbonyl (C=O) groups is 1. The van der Waals surface area contributed by atoms with Gasteiger partial charge in [0.05, 0.1) is 5.02 Å². The lowest BCUT2D eigenvalue weighted by molar-refractivity contribution is -0.154. The normalized spacial score (nSPS) is 23.4. The fourth-order valence-corrected chi connectivity index (χ4v) is 1.85. The van der Waals surface area contributed by atoms with Crippen molar-refractivity contribution in [3.05, 3.63) is 29.0 Å². The Morgan fingerprint density at radius 1 is 1.53 bits per heavy atom. The number of hydrogen-bond acceptors (Lipinski definition) is 3. The molecule has 0 aliphatic heterocycles. The zero-order valence-electron chi connectivity index (χ0n) is 9.28. The van der Waals surface area contributed by atoms with E-state index in [0.29, 0.717) is 18.8 Å². The maximum Gasteiger partial charge on any atom is 0.169 e. The van der Waals surface area contributed by atoms with Gasteiger partial charge in [-0.15, -0.1) is 0 Å². The fourth-order valence-electron chi connectivity index (χ4n) is 1.68.